The van der Waals surface area contributed by atoms with Gasteiger partial charge >= 0.3 is 5.97 Å². The molecule has 1 amide bonds. The summed E-state index contributed by atoms with van der Waals surface area (Å²) in [5.74, 6) is -6.30. The number of hydrogen-bond acceptors (Lipinski definition) is 15. The molecule has 3 saturated carbocycles. The lowest BCUT2D eigenvalue weighted by atomic mass is 9.44. The summed E-state index contributed by atoms with van der Waals surface area (Å²) in [6, 6.07) is -1.97. The van der Waals surface area contributed by atoms with E-state index in [0.29, 0.717) is 12.0 Å². The highest BCUT2D eigenvalue weighted by Gasteiger charge is 2.76. The fourth-order valence-corrected chi connectivity index (χ4v) is 7.91. The monoisotopic (exact) mass is 659 g/mol. The first kappa shape index (κ1) is 34.8. The Balaban J connectivity index is 1.49. The molecule has 0 bridgehead atoms. The minimum atomic E-state index is -2.64. The number of aliphatic hydroxyl groups is 4. The maximum Gasteiger partial charge on any atom is 0.331 e. The average molecular weight is 660 g/mol. The van der Waals surface area contributed by atoms with Gasteiger partial charge in [-0.05, 0) is 50.7 Å². The van der Waals surface area contributed by atoms with Crippen molar-refractivity contribution in [3.8, 4) is 0 Å². The SMILES string of the molecule is C[C@]12C=CC(=O)C=C1CCC1C3C[C@@H](O)[C@](O)(C(=O)COC(=O)C(CO)NC(=O)C(CO[N+](=O)[O-])O[N+](=O)[O-])[C@@]3(C)C[C@H](O)[C@@]12F. The van der Waals surface area contributed by atoms with E-state index in [1.165, 1.54) is 25.2 Å². The van der Waals surface area contributed by atoms with Gasteiger partial charge in [-0.2, -0.15) is 0 Å². The Kier molecular flexibility index (Phi) is 9.28. The fourth-order valence-electron chi connectivity index (χ4n) is 7.91. The van der Waals surface area contributed by atoms with Gasteiger partial charge in [0.2, 0.25) is 11.9 Å². The Hall–Kier alpha value is -4.07. The van der Waals surface area contributed by atoms with Crippen molar-refractivity contribution in [3.63, 3.8) is 0 Å². The number of rotatable bonds is 12. The second-order valence-electron chi connectivity index (χ2n) is 12.4. The van der Waals surface area contributed by atoms with Crippen LogP contribution in [-0.2, 0) is 33.6 Å². The van der Waals surface area contributed by atoms with E-state index in [9.17, 15) is 59.8 Å². The molecule has 10 atom stereocenters. The van der Waals surface area contributed by atoms with Gasteiger partial charge in [0, 0.05) is 16.7 Å². The minimum Gasteiger partial charge on any atom is -0.456 e. The summed E-state index contributed by atoms with van der Waals surface area (Å²) in [7, 11) is 0. The molecule has 46 heavy (non-hydrogen) atoms. The molecule has 4 aliphatic carbocycles. The molecule has 0 aromatic rings. The molecule has 0 aromatic carbocycles. The van der Waals surface area contributed by atoms with Crippen LogP contribution in [0.15, 0.2) is 23.8 Å². The molecule has 254 valence electrons. The Bertz CT molecular complexity index is 1390. The number of amides is 1. The Morgan fingerprint density at radius 3 is 2.43 bits per heavy atom. The van der Waals surface area contributed by atoms with Crippen LogP contribution in [0.5, 0.6) is 0 Å². The second kappa shape index (κ2) is 12.3. The third kappa shape index (κ3) is 5.39. The normalized spacial score (nSPS) is 37.4. The summed E-state index contributed by atoms with van der Waals surface area (Å²) in [6.07, 6.45) is -2.06. The van der Waals surface area contributed by atoms with E-state index < -0.39 is 112 Å². The molecule has 18 nitrogen and oxygen atoms in total. The molecule has 4 aliphatic rings. The summed E-state index contributed by atoms with van der Waals surface area (Å²) in [4.78, 5) is 79.4. The number of allylic oxidation sites excluding steroid dienone is 4. The van der Waals surface area contributed by atoms with Crippen LogP contribution in [-0.4, -0.2) is 109 Å². The maximum absolute atomic E-state index is 17.2. The summed E-state index contributed by atoms with van der Waals surface area (Å²) < 4.78 is 22.1. The van der Waals surface area contributed by atoms with E-state index in [1.807, 2.05) is 0 Å². The molecule has 0 radical (unpaired) electrons. The van der Waals surface area contributed by atoms with Gasteiger partial charge in [0.1, 0.15) is 6.61 Å². The molecule has 0 aromatic heterocycles. The molecular weight excluding hydrogens is 625 g/mol. The van der Waals surface area contributed by atoms with Gasteiger partial charge in [-0.15, -0.1) is 20.2 Å². The van der Waals surface area contributed by atoms with Crippen LogP contribution >= 0.6 is 0 Å². The van der Waals surface area contributed by atoms with E-state index in [-0.39, 0.29) is 18.6 Å². The van der Waals surface area contributed by atoms with Gasteiger partial charge in [0.15, 0.2) is 29.7 Å². The van der Waals surface area contributed by atoms with E-state index >= 15 is 4.39 Å². The highest BCUT2D eigenvalue weighted by molar-refractivity contribution is 6.01. The predicted molar refractivity (Wildman–Crippen MR) is 144 cm³/mol. The van der Waals surface area contributed by atoms with Gasteiger partial charge in [0.25, 0.3) is 16.1 Å². The van der Waals surface area contributed by atoms with Crippen LogP contribution < -0.4 is 5.32 Å². The first-order valence-corrected chi connectivity index (χ1v) is 14.3. The lowest BCUT2D eigenvalue weighted by molar-refractivity contribution is -0.786. The van der Waals surface area contributed by atoms with Crippen molar-refractivity contribution in [1.82, 2.24) is 5.32 Å². The zero-order chi connectivity index (χ0) is 34.4. The molecule has 4 rings (SSSR count). The lowest BCUT2D eigenvalue weighted by Gasteiger charge is -2.62. The molecule has 5 N–H and O–H groups in total. The standard InChI is InChI=1S/C27H34FN3O15/c1-24-6-5-14(33)7-13(24)3-4-15-16-8-19(34)27(39,25(16,2)9-20(35)26(15,24)28)21(36)12-44-23(38)17(10-32)29-22(37)18(46-31(42)43)11-45-30(40)41/h5-7,15-20,32,34-35,39H,3-4,8-12H2,1-2H3,(H,29,37)/t15?,16?,17?,18?,19-,20+,24+,25+,26+,27+/m1/s1. The van der Waals surface area contributed by atoms with Gasteiger partial charge < -0.3 is 35.3 Å². The predicted octanol–water partition coefficient (Wildman–Crippen LogP) is -1.57. The number of ether oxygens (including phenoxy) is 1. The third-order valence-electron chi connectivity index (χ3n) is 10.3. The number of ketones is 2. The summed E-state index contributed by atoms with van der Waals surface area (Å²) in [5, 5.41) is 63.8. The number of nitrogens with one attached hydrogen (secondary N) is 1. The van der Waals surface area contributed by atoms with E-state index in [2.05, 4.69) is 9.68 Å². The van der Waals surface area contributed by atoms with Crippen LogP contribution in [0.3, 0.4) is 0 Å². The number of esters is 1. The topological polar surface area (TPSA) is 275 Å². The Morgan fingerprint density at radius 1 is 1.15 bits per heavy atom. The maximum atomic E-state index is 17.2. The quantitative estimate of drug-likeness (QED) is 0.0899. The van der Waals surface area contributed by atoms with Gasteiger partial charge in [0.05, 0.1) is 18.8 Å². The van der Waals surface area contributed by atoms with Crippen molar-refractivity contribution < 1.29 is 68.6 Å². The van der Waals surface area contributed by atoms with E-state index in [4.69, 9.17) is 4.74 Å². The number of Topliss-reactive ketones (excluding diaryl/α,β-unsaturated/α-hetero) is 1. The molecular formula is C27H34FN3O15. The largest absolute Gasteiger partial charge is 0.456 e. The molecule has 19 heteroatoms. The number of halogens is 1. The third-order valence-corrected chi connectivity index (χ3v) is 10.3. The summed E-state index contributed by atoms with van der Waals surface area (Å²) in [6.45, 7) is -0.650. The van der Waals surface area contributed by atoms with E-state index in [0.717, 1.165) is 0 Å². The van der Waals surface area contributed by atoms with Crippen LogP contribution in [0.1, 0.15) is 39.5 Å². The summed E-state index contributed by atoms with van der Waals surface area (Å²) in [5.41, 5.74) is -7.43. The van der Waals surface area contributed by atoms with E-state index in [1.54, 1.807) is 12.2 Å². The van der Waals surface area contributed by atoms with Gasteiger partial charge in [-0.3, -0.25) is 19.2 Å². The number of carbonyl (C=O) groups is 4. The molecule has 0 heterocycles. The lowest BCUT2D eigenvalue weighted by Crippen LogP contribution is -2.69. The Labute approximate surface area is 259 Å². The molecule has 0 spiro atoms. The van der Waals surface area contributed by atoms with Crippen LogP contribution in [0.25, 0.3) is 0 Å². The van der Waals surface area contributed by atoms with Crippen molar-refractivity contribution in [1.29, 1.82) is 0 Å². The number of carbonyl (C=O) groups excluding carboxylic acids is 4. The van der Waals surface area contributed by atoms with Crippen molar-refractivity contribution in [2.45, 2.75) is 75.2 Å². The van der Waals surface area contributed by atoms with Crippen molar-refractivity contribution in [2.24, 2.45) is 22.7 Å². The fraction of sp³-hybridized carbons (Fsp3) is 0.704. The number of hydrogen-bond donors (Lipinski definition) is 5. The second-order valence-corrected chi connectivity index (χ2v) is 12.4. The minimum absolute atomic E-state index is 0.147. The Morgan fingerprint density at radius 2 is 1.83 bits per heavy atom. The van der Waals surface area contributed by atoms with Crippen molar-refractivity contribution in [3.05, 3.63) is 44.0 Å². The number of fused-ring (bicyclic) bond motifs is 5. The zero-order valence-corrected chi connectivity index (χ0v) is 24.7. The van der Waals surface area contributed by atoms with Crippen LogP contribution in [0.2, 0.25) is 0 Å². The number of aliphatic hydroxyl groups excluding tert-OH is 3. The van der Waals surface area contributed by atoms with Crippen LogP contribution in [0.4, 0.5) is 4.39 Å². The molecule has 0 aliphatic heterocycles. The van der Waals surface area contributed by atoms with Gasteiger partial charge in [-0.1, -0.05) is 18.6 Å². The number of alkyl halides is 1. The first-order valence-electron chi connectivity index (χ1n) is 14.3. The molecule has 3 fully saturated rings. The first-order chi connectivity index (χ1) is 21.4. The zero-order valence-electron chi connectivity index (χ0n) is 24.7. The van der Waals surface area contributed by atoms with Crippen molar-refractivity contribution in [2.75, 3.05) is 19.8 Å². The number of nitrogens with zero attached hydrogens (tertiary/aromatic N) is 2. The molecule has 4 unspecified atom stereocenters. The average Bonchev–Trinajstić information content (AvgIpc) is 3.18. The smallest absolute Gasteiger partial charge is 0.331 e. The van der Waals surface area contributed by atoms with Crippen molar-refractivity contribution >= 4 is 23.4 Å². The van der Waals surface area contributed by atoms with Crippen LogP contribution in [0, 0.1) is 42.9 Å². The highest BCUT2D eigenvalue weighted by Crippen LogP contribution is 2.69. The highest BCUT2D eigenvalue weighted by atomic mass is 19.1. The summed E-state index contributed by atoms with van der Waals surface area (Å²) >= 11 is 0. The molecule has 0 saturated heterocycles. The van der Waals surface area contributed by atoms with Gasteiger partial charge in [-0.25, -0.2) is 9.18 Å².